The van der Waals surface area contributed by atoms with Crippen LogP contribution in [0.1, 0.15) is 40.5 Å². The van der Waals surface area contributed by atoms with E-state index in [0.29, 0.717) is 11.1 Å². The molecule has 6 atom stereocenters. The second-order valence-electron chi connectivity index (χ2n) is 7.77. The summed E-state index contributed by atoms with van der Waals surface area (Å²) >= 11 is 0. The minimum Gasteiger partial charge on any atom is -0.458 e. The van der Waals surface area contributed by atoms with Crippen LogP contribution in [0.2, 0.25) is 0 Å². The summed E-state index contributed by atoms with van der Waals surface area (Å²) in [7, 11) is 0. The number of hydrogen-bond donors (Lipinski definition) is 0. The Morgan fingerprint density at radius 3 is 2.84 bits per heavy atom. The van der Waals surface area contributed by atoms with Gasteiger partial charge in [-0.05, 0) is 46.1 Å². The highest BCUT2D eigenvalue weighted by atomic mass is 16.7. The molecule has 4 rings (SSSR count). The van der Waals surface area contributed by atoms with Crippen molar-refractivity contribution < 1.29 is 23.8 Å². The van der Waals surface area contributed by atoms with E-state index in [9.17, 15) is 9.59 Å². The highest BCUT2D eigenvalue weighted by Gasteiger charge is 2.74. The monoisotopic (exact) mass is 344 g/mol. The number of rotatable bonds is 2. The first-order valence-corrected chi connectivity index (χ1v) is 8.90. The van der Waals surface area contributed by atoms with Gasteiger partial charge in [-0.3, -0.25) is 0 Å². The van der Waals surface area contributed by atoms with Crippen LogP contribution in [0.25, 0.3) is 0 Å². The van der Waals surface area contributed by atoms with Crippen LogP contribution in [-0.2, 0) is 23.8 Å². The maximum Gasteiger partial charge on any atom is 0.334 e. The molecule has 2 saturated heterocycles. The molecule has 0 radical (unpaired) electrons. The van der Waals surface area contributed by atoms with E-state index in [-0.39, 0.29) is 36.0 Å². The lowest BCUT2D eigenvalue weighted by Gasteiger charge is -2.29. The fourth-order valence-electron chi connectivity index (χ4n) is 4.75. The summed E-state index contributed by atoms with van der Waals surface area (Å²) in [5.74, 6) is -0.685. The number of carbonyl (C=O) groups excluding carboxylic acids is 2. The second kappa shape index (κ2) is 5.31. The lowest BCUT2D eigenvalue weighted by molar-refractivity contribution is -0.145. The van der Waals surface area contributed by atoms with Crippen molar-refractivity contribution in [3.05, 3.63) is 34.9 Å². The van der Waals surface area contributed by atoms with Crippen molar-refractivity contribution in [2.45, 2.75) is 64.4 Å². The van der Waals surface area contributed by atoms with E-state index in [4.69, 9.17) is 14.2 Å². The van der Waals surface area contributed by atoms with E-state index >= 15 is 0 Å². The Labute approximate surface area is 147 Å². The Kier molecular flexibility index (Phi) is 3.52. The predicted octanol–water partition coefficient (Wildman–Crippen LogP) is 2.86. The summed E-state index contributed by atoms with van der Waals surface area (Å²) in [4.78, 5) is 24.4. The number of ether oxygens (including phenoxy) is 3. The highest BCUT2D eigenvalue weighted by Crippen LogP contribution is 2.62. The average Bonchev–Trinajstić information content (AvgIpc) is 3.14. The normalized spacial score (nSPS) is 42.4. The molecular weight excluding hydrogens is 320 g/mol. The van der Waals surface area contributed by atoms with Crippen molar-refractivity contribution in [2.24, 2.45) is 11.8 Å². The summed E-state index contributed by atoms with van der Waals surface area (Å²) in [6.45, 7) is 11.6. The third-order valence-corrected chi connectivity index (χ3v) is 6.41. The Bertz CT molecular complexity index is 745. The Balaban J connectivity index is 1.72. The topological polar surface area (TPSA) is 65.1 Å². The van der Waals surface area contributed by atoms with Crippen molar-refractivity contribution in [1.29, 1.82) is 0 Å². The summed E-state index contributed by atoms with van der Waals surface area (Å²) in [5, 5.41) is 0. The third-order valence-electron chi connectivity index (χ3n) is 6.41. The summed E-state index contributed by atoms with van der Waals surface area (Å²) in [6, 6.07) is 0. The van der Waals surface area contributed by atoms with Gasteiger partial charge in [0.15, 0.2) is 6.10 Å². The van der Waals surface area contributed by atoms with Crippen LogP contribution < -0.4 is 0 Å². The average molecular weight is 344 g/mol. The summed E-state index contributed by atoms with van der Waals surface area (Å²) in [6.07, 6.45) is 2.59. The number of hydrogen-bond acceptors (Lipinski definition) is 5. The molecule has 4 aliphatic rings. The van der Waals surface area contributed by atoms with Crippen molar-refractivity contribution in [3.8, 4) is 0 Å². The summed E-state index contributed by atoms with van der Waals surface area (Å²) in [5.41, 5.74) is 3.01. The van der Waals surface area contributed by atoms with Gasteiger partial charge in [-0.1, -0.05) is 18.2 Å². The predicted molar refractivity (Wildman–Crippen MR) is 90.5 cm³/mol. The molecule has 0 spiro atoms. The maximum absolute atomic E-state index is 12.3. The minimum absolute atomic E-state index is 0.0124. The number of carbonyl (C=O) groups is 2. The maximum atomic E-state index is 12.3. The van der Waals surface area contributed by atoms with E-state index < -0.39 is 11.7 Å². The van der Waals surface area contributed by atoms with E-state index in [0.717, 1.165) is 18.4 Å². The zero-order chi connectivity index (χ0) is 18.1. The van der Waals surface area contributed by atoms with Crippen LogP contribution in [0.3, 0.4) is 0 Å². The molecule has 0 aromatic rings. The van der Waals surface area contributed by atoms with E-state index in [1.165, 1.54) is 5.57 Å². The van der Waals surface area contributed by atoms with Crippen molar-refractivity contribution in [1.82, 2.24) is 0 Å². The first kappa shape index (κ1) is 16.6. The van der Waals surface area contributed by atoms with Crippen LogP contribution in [-0.4, -0.2) is 35.9 Å². The lowest BCUT2D eigenvalue weighted by Crippen LogP contribution is -2.35. The molecule has 2 heterocycles. The van der Waals surface area contributed by atoms with Gasteiger partial charge in [0.1, 0.15) is 17.8 Å². The van der Waals surface area contributed by atoms with Crippen LogP contribution in [0.5, 0.6) is 0 Å². The van der Waals surface area contributed by atoms with Crippen LogP contribution in [0, 0.1) is 11.8 Å². The molecule has 5 heteroatoms. The standard InChI is InChI=1S/C20H24O5/c1-6-9(2)18(21)24-16-13-10(3)7-8-12-11(4)19(22)23-15(12)14(13)20(5)17(16)25-20/h6,12,14-17H,4,7-8H2,1-3,5H3. The SMILES string of the molecule is C=C1C(=O)OC2C1CCC(C)=C1C(OC(=O)C(C)=CC)C3OC3(C)C12. The van der Waals surface area contributed by atoms with Gasteiger partial charge in [0, 0.05) is 17.1 Å². The van der Waals surface area contributed by atoms with E-state index in [1.54, 1.807) is 13.0 Å². The molecule has 2 aliphatic heterocycles. The summed E-state index contributed by atoms with van der Waals surface area (Å²) < 4.78 is 17.5. The molecule has 0 aromatic heterocycles. The molecule has 0 bridgehead atoms. The highest BCUT2D eigenvalue weighted by molar-refractivity contribution is 5.91. The second-order valence-corrected chi connectivity index (χ2v) is 7.77. The van der Waals surface area contributed by atoms with Gasteiger partial charge in [0.2, 0.25) is 0 Å². The Morgan fingerprint density at radius 2 is 2.16 bits per heavy atom. The van der Waals surface area contributed by atoms with Gasteiger partial charge in [-0.25, -0.2) is 9.59 Å². The molecule has 134 valence electrons. The Hall–Kier alpha value is -1.88. The fourth-order valence-corrected chi connectivity index (χ4v) is 4.75. The molecule has 2 aliphatic carbocycles. The van der Waals surface area contributed by atoms with Crippen molar-refractivity contribution in [2.75, 3.05) is 0 Å². The van der Waals surface area contributed by atoms with E-state index in [2.05, 4.69) is 13.5 Å². The number of allylic oxidation sites excluding steroid dienone is 2. The van der Waals surface area contributed by atoms with Gasteiger partial charge in [0.25, 0.3) is 0 Å². The molecule has 0 N–H and O–H groups in total. The molecule has 5 nitrogen and oxygen atoms in total. The zero-order valence-electron chi connectivity index (χ0n) is 15.1. The molecule has 0 amide bonds. The molecular formula is C20H24O5. The van der Waals surface area contributed by atoms with E-state index in [1.807, 2.05) is 13.8 Å². The smallest absolute Gasteiger partial charge is 0.334 e. The molecule has 6 unspecified atom stereocenters. The lowest BCUT2D eigenvalue weighted by atomic mass is 9.81. The third kappa shape index (κ3) is 2.18. The van der Waals surface area contributed by atoms with Crippen LogP contribution in [0.4, 0.5) is 0 Å². The first-order valence-electron chi connectivity index (χ1n) is 8.90. The number of esters is 2. The zero-order valence-corrected chi connectivity index (χ0v) is 15.1. The van der Waals surface area contributed by atoms with Gasteiger partial charge in [-0.15, -0.1) is 0 Å². The number of epoxide rings is 1. The van der Waals surface area contributed by atoms with Crippen molar-refractivity contribution in [3.63, 3.8) is 0 Å². The van der Waals surface area contributed by atoms with Gasteiger partial charge in [-0.2, -0.15) is 0 Å². The molecule has 1 saturated carbocycles. The first-order chi connectivity index (χ1) is 11.8. The van der Waals surface area contributed by atoms with Crippen LogP contribution in [0.15, 0.2) is 34.9 Å². The molecule has 0 aromatic carbocycles. The van der Waals surface area contributed by atoms with Crippen molar-refractivity contribution >= 4 is 11.9 Å². The molecule has 25 heavy (non-hydrogen) atoms. The van der Waals surface area contributed by atoms with Gasteiger partial charge < -0.3 is 14.2 Å². The van der Waals surface area contributed by atoms with Crippen LogP contribution >= 0.6 is 0 Å². The Morgan fingerprint density at radius 1 is 1.44 bits per heavy atom. The van der Waals surface area contributed by atoms with Gasteiger partial charge in [0.05, 0.1) is 5.92 Å². The van der Waals surface area contributed by atoms with Gasteiger partial charge >= 0.3 is 11.9 Å². The quantitative estimate of drug-likeness (QED) is 0.334. The largest absolute Gasteiger partial charge is 0.458 e. The fraction of sp³-hybridized carbons (Fsp3) is 0.600. The number of fused-ring (bicyclic) bond motifs is 5. The minimum atomic E-state index is -0.441. The molecule has 3 fully saturated rings.